The normalized spacial score (nSPS) is 16.1. The van der Waals surface area contributed by atoms with Crippen LogP contribution in [0.15, 0.2) is 53.7 Å². The Bertz CT molecular complexity index is 1230. The van der Waals surface area contributed by atoms with E-state index in [1.165, 1.54) is 41.3 Å². The molecule has 0 unspecified atom stereocenters. The molecule has 1 aliphatic rings. The van der Waals surface area contributed by atoms with Crippen molar-refractivity contribution in [1.29, 1.82) is 15.9 Å². The Morgan fingerprint density at radius 3 is 2.55 bits per heavy atom. The van der Waals surface area contributed by atoms with E-state index >= 15 is 0 Å². The molecule has 0 radical (unpaired) electrons. The summed E-state index contributed by atoms with van der Waals surface area (Å²) in [4.78, 5) is 14.6. The molecule has 2 amide bonds. The number of nitrogens with one attached hydrogen (secondary N) is 1. The highest BCUT2D eigenvalue weighted by Gasteiger charge is 2.41. The molecular formula is C23H20F2N6O2. The van der Waals surface area contributed by atoms with Gasteiger partial charge in [0.2, 0.25) is 5.96 Å². The number of anilines is 1. The molecule has 8 nitrogen and oxygen atoms in total. The number of allylic oxidation sites excluding steroid dienone is 1. The van der Waals surface area contributed by atoms with Gasteiger partial charge in [-0.15, -0.1) is 0 Å². The minimum absolute atomic E-state index is 0.0659. The highest BCUT2D eigenvalue weighted by molar-refractivity contribution is 6.07. The number of nitrogens with two attached hydrogens (primary N) is 1. The van der Waals surface area contributed by atoms with Gasteiger partial charge < -0.3 is 10.8 Å². The number of nitriles is 2. The van der Waals surface area contributed by atoms with Gasteiger partial charge in [0.15, 0.2) is 0 Å². The van der Waals surface area contributed by atoms with E-state index < -0.39 is 24.5 Å². The predicted octanol–water partition coefficient (Wildman–Crippen LogP) is 3.71. The van der Waals surface area contributed by atoms with Crippen molar-refractivity contribution in [2.45, 2.75) is 25.8 Å². The van der Waals surface area contributed by atoms with Gasteiger partial charge in [0.05, 0.1) is 23.3 Å². The Hall–Kier alpha value is -4.28. The number of rotatable bonds is 5. The van der Waals surface area contributed by atoms with E-state index in [0.29, 0.717) is 16.7 Å². The largest absolute Gasteiger partial charge is 0.396 e. The number of carbonyl (C=O) groups is 1. The fourth-order valence-electron chi connectivity index (χ4n) is 3.90. The van der Waals surface area contributed by atoms with E-state index in [1.54, 1.807) is 13.0 Å². The Morgan fingerprint density at radius 2 is 1.97 bits per heavy atom. The van der Waals surface area contributed by atoms with Crippen LogP contribution in [0.25, 0.3) is 0 Å². The average Bonchev–Trinajstić information content (AvgIpc) is 2.79. The molecule has 0 saturated carbocycles. The minimum atomic E-state index is -2.75. The van der Waals surface area contributed by atoms with Gasteiger partial charge in [-0.1, -0.05) is 18.2 Å². The third kappa shape index (κ3) is 4.25. The van der Waals surface area contributed by atoms with Gasteiger partial charge in [0.25, 0.3) is 6.43 Å². The SMILES string of the molecule is CC1=C(C#N)[C@@H](c2ccc(C#N)cc2CCO)N(C(N)=O)C(=N)N1c1cccc(C(F)F)c1. The number of guanidine groups is 1. The summed E-state index contributed by atoms with van der Waals surface area (Å²) in [6.45, 7) is 1.29. The molecule has 1 aliphatic heterocycles. The molecule has 2 aromatic rings. The molecule has 4 N–H and O–H groups in total. The lowest BCUT2D eigenvalue weighted by Gasteiger charge is -2.42. The van der Waals surface area contributed by atoms with Gasteiger partial charge >= 0.3 is 6.03 Å². The smallest absolute Gasteiger partial charge is 0.322 e. The first kappa shape index (κ1) is 23.4. The van der Waals surface area contributed by atoms with Crippen molar-refractivity contribution in [3.8, 4) is 12.1 Å². The number of aliphatic hydroxyl groups is 1. The lowest BCUT2D eigenvalue weighted by atomic mass is 9.88. The number of urea groups is 1. The Morgan fingerprint density at radius 1 is 1.24 bits per heavy atom. The number of carbonyl (C=O) groups excluding carboxylic acids is 1. The first-order valence-corrected chi connectivity index (χ1v) is 9.85. The summed E-state index contributed by atoms with van der Waals surface area (Å²) in [6.07, 6.45) is -2.61. The lowest BCUT2D eigenvalue weighted by Crippen LogP contribution is -2.54. The molecule has 0 aliphatic carbocycles. The fourth-order valence-corrected chi connectivity index (χ4v) is 3.90. The predicted molar refractivity (Wildman–Crippen MR) is 116 cm³/mol. The molecule has 0 spiro atoms. The lowest BCUT2D eigenvalue weighted by molar-refractivity contribution is 0.151. The molecule has 168 valence electrons. The molecular weight excluding hydrogens is 430 g/mol. The van der Waals surface area contributed by atoms with Crippen LogP contribution in [0, 0.1) is 28.1 Å². The van der Waals surface area contributed by atoms with Crippen LogP contribution in [0.3, 0.4) is 0 Å². The zero-order valence-corrected chi connectivity index (χ0v) is 17.6. The summed E-state index contributed by atoms with van der Waals surface area (Å²) in [6, 6.07) is 11.8. The van der Waals surface area contributed by atoms with Crippen molar-refractivity contribution >= 4 is 17.7 Å². The van der Waals surface area contributed by atoms with Crippen LogP contribution in [0.4, 0.5) is 19.3 Å². The number of amides is 2. The number of primary amides is 1. The van der Waals surface area contributed by atoms with Crippen LogP contribution in [-0.2, 0) is 6.42 Å². The molecule has 3 rings (SSSR count). The molecule has 0 fully saturated rings. The first-order chi connectivity index (χ1) is 15.7. The summed E-state index contributed by atoms with van der Waals surface area (Å²) < 4.78 is 26.5. The zero-order chi connectivity index (χ0) is 24.3. The van der Waals surface area contributed by atoms with Crippen molar-refractivity contribution in [2.75, 3.05) is 11.5 Å². The van der Waals surface area contributed by atoms with E-state index in [4.69, 9.17) is 11.1 Å². The quantitative estimate of drug-likeness (QED) is 0.637. The van der Waals surface area contributed by atoms with Crippen molar-refractivity contribution in [3.05, 3.63) is 76.0 Å². The van der Waals surface area contributed by atoms with Gasteiger partial charge in [0.1, 0.15) is 6.04 Å². The second-order valence-electron chi connectivity index (χ2n) is 7.28. The third-order valence-corrected chi connectivity index (χ3v) is 5.38. The topological polar surface area (TPSA) is 141 Å². The third-order valence-electron chi connectivity index (χ3n) is 5.38. The number of halogens is 2. The molecule has 1 atom stereocenters. The van der Waals surface area contributed by atoms with Crippen LogP contribution in [0.1, 0.15) is 41.6 Å². The van der Waals surface area contributed by atoms with E-state index in [0.717, 1.165) is 4.90 Å². The molecule has 10 heteroatoms. The van der Waals surface area contributed by atoms with E-state index in [2.05, 4.69) is 6.07 Å². The molecule has 0 aromatic heterocycles. The van der Waals surface area contributed by atoms with Gasteiger partial charge in [-0.25, -0.2) is 13.6 Å². The Balaban J connectivity index is 2.27. The molecule has 0 bridgehead atoms. The van der Waals surface area contributed by atoms with Gasteiger partial charge in [0, 0.05) is 23.6 Å². The first-order valence-electron chi connectivity index (χ1n) is 9.85. The van der Waals surface area contributed by atoms with Crippen LogP contribution < -0.4 is 10.6 Å². The van der Waals surface area contributed by atoms with Crippen molar-refractivity contribution in [3.63, 3.8) is 0 Å². The van der Waals surface area contributed by atoms with Crippen molar-refractivity contribution < 1.29 is 18.7 Å². The maximum atomic E-state index is 13.3. The number of hydrogen-bond acceptors (Lipinski definition) is 5. The molecule has 33 heavy (non-hydrogen) atoms. The summed E-state index contributed by atoms with van der Waals surface area (Å²) in [7, 11) is 0. The number of benzene rings is 2. The van der Waals surface area contributed by atoms with Crippen LogP contribution in [0.5, 0.6) is 0 Å². The maximum Gasteiger partial charge on any atom is 0.322 e. The van der Waals surface area contributed by atoms with Crippen LogP contribution in [-0.4, -0.2) is 28.6 Å². The molecule has 0 saturated heterocycles. The second kappa shape index (κ2) is 9.47. The maximum absolute atomic E-state index is 13.3. The van der Waals surface area contributed by atoms with Crippen LogP contribution in [0.2, 0.25) is 0 Å². The highest BCUT2D eigenvalue weighted by atomic mass is 19.3. The number of hydrogen-bond donors (Lipinski definition) is 3. The number of alkyl halides is 2. The summed E-state index contributed by atoms with van der Waals surface area (Å²) in [5.41, 5.74) is 7.08. The average molecular weight is 450 g/mol. The monoisotopic (exact) mass is 450 g/mol. The van der Waals surface area contributed by atoms with Gasteiger partial charge in [-0.2, -0.15) is 10.5 Å². The van der Waals surface area contributed by atoms with Crippen molar-refractivity contribution in [2.24, 2.45) is 5.73 Å². The summed E-state index contributed by atoms with van der Waals surface area (Å²) in [5.74, 6) is -0.422. The zero-order valence-electron chi connectivity index (χ0n) is 17.6. The molecule has 1 heterocycles. The van der Waals surface area contributed by atoms with E-state index in [1.807, 2.05) is 6.07 Å². The van der Waals surface area contributed by atoms with E-state index in [-0.39, 0.29) is 35.5 Å². The van der Waals surface area contributed by atoms with Crippen molar-refractivity contribution in [1.82, 2.24) is 4.90 Å². The standard InChI is InChI=1S/C23H20F2N6O2/c1-13-19(12-27)20(18-6-5-14(11-26)9-15(18)7-8-32)31(23(29)33)22(28)30(13)17-4-2-3-16(10-17)21(24)25/h2-6,9-10,20-21,28,32H,7-8H2,1H3,(H2,29,33)/t20-/m1/s1. The van der Waals surface area contributed by atoms with Gasteiger partial charge in [-0.05, 0) is 48.7 Å². The van der Waals surface area contributed by atoms with Gasteiger partial charge in [-0.3, -0.25) is 15.2 Å². The minimum Gasteiger partial charge on any atom is -0.396 e. The summed E-state index contributed by atoms with van der Waals surface area (Å²) >= 11 is 0. The van der Waals surface area contributed by atoms with E-state index in [9.17, 15) is 29.2 Å². The molecule has 2 aromatic carbocycles. The Labute approximate surface area is 188 Å². The Kier molecular flexibility index (Phi) is 6.71. The highest BCUT2D eigenvalue weighted by Crippen LogP contribution is 2.40. The fraction of sp³-hybridized carbons (Fsp3) is 0.217. The number of nitrogens with zero attached hydrogens (tertiary/aromatic N) is 4. The second-order valence-corrected chi connectivity index (χ2v) is 7.28. The summed E-state index contributed by atoms with van der Waals surface area (Å²) in [5, 5.41) is 37.4. The number of aliphatic hydroxyl groups excluding tert-OH is 1. The van der Waals surface area contributed by atoms with Crippen LogP contribution >= 0.6 is 0 Å².